The Morgan fingerprint density at radius 1 is 1.35 bits per heavy atom. The molecule has 1 aromatic rings. The molecule has 1 aromatic carbocycles. The molecule has 1 heterocycles. The van der Waals surface area contributed by atoms with Gasteiger partial charge in [-0.15, -0.1) is 0 Å². The summed E-state index contributed by atoms with van der Waals surface area (Å²) in [6.45, 7) is 8.02. The maximum absolute atomic E-state index is 10.2. The average molecular weight is 275 g/mol. The summed E-state index contributed by atoms with van der Waals surface area (Å²) in [6.07, 6.45) is 2.38. The second-order valence-corrected chi connectivity index (χ2v) is 6.58. The number of rotatable bonds is 4. The number of fused-ring (bicyclic) bond motifs is 1. The van der Waals surface area contributed by atoms with Crippen molar-refractivity contribution in [3.63, 3.8) is 0 Å². The molecule has 1 aliphatic carbocycles. The predicted octanol–water partition coefficient (Wildman–Crippen LogP) is 2.98. The van der Waals surface area contributed by atoms with Gasteiger partial charge in [0.25, 0.3) is 0 Å². The van der Waals surface area contributed by atoms with Crippen LogP contribution < -0.4 is 4.74 Å². The second kappa shape index (κ2) is 5.74. The number of aliphatic hydroxyl groups is 1. The highest BCUT2D eigenvalue weighted by Gasteiger charge is 2.26. The molecule has 3 nitrogen and oxygen atoms in total. The van der Waals surface area contributed by atoms with Gasteiger partial charge in [-0.2, -0.15) is 0 Å². The quantitative estimate of drug-likeness (QED) is 0.917. The van der Waals surface area contributed by atoms with Gasteiger partial charge in [0.2, 0.25) is 0 Å². The molecule has 1 aliphatic heterocycles. The molecule has 3 heteroatoms. The summed E-state index contributed by atoms with van der Waals surface area (Å²) in [6, 6.07) is 6.15. The topological polar surface area (TPSA) is 32.7 Å². The zero-order chi connectivity index (χ0) is 14.1. The summed E-state index contributed by atoms with van der Waals surface area (Å²) in [5.41, 5.74) is 2.23. The lowest BCUT2D eigenvalue weighted by Crippen LogP contribution is -2.27. The first kappa shape index (κ1) is 13.9. The molecule has 1 fully saturated rings. The van der Waals surface area contributed by atoms with Crippen molar-refractivity contribution in [2.24, 2.45) is 11.8 Å². The molecule has 0 radical (unpaired) electrons. The highest BCUT2D eigenvalue weighted by atomic mass is 16.5. The first-order valence-electron chi connectivity index (χ1n) is 7.79. The van der Waals surface area contributed by atoms with Crippen molar-refractivity contribution >= 4 is 0 Å². The van der Waals surface area contributed by atoms with E-state index in [2.05, 4.69) is 11.0 Å². The fourth-order valence-corrected chi connectivity index (χ4v) is 2.86. The van der Waals surface area contributed by atoms with E-state index < -0.39 is 0 Å². The van der Waals surface area contributed by atoms with Crippen LogP contribution in [0.5, 0.6) is 5.75 Å². The van der Waals surface area contributed by atoms with Crippen LogP contribution in [-0.2, 0) is 6.54 Å². The number of nitrogens with zero attached hydrogens (tertiary/aromatic N) is 1. The molecule has 1 atom stereocenters. The lowest BCUT2D eigenvalue weighted by molar-refractivity contribution is 0.126. The first-order chi connectivity index (χ1) is 9.63. The largest absolute Gasteiger partial charge is 0.492 e. The Morgan fingerprint density at radius 3 is 2.85 bits per heavy atom. The Balaban J connectivity index is 1.78. The maximum atomic E-state index is 10.2. The molecule has 2 aliphatic rings. The SMILES string of the molecule is CC(C)C(O)c1ccc2c(c1)CN(CC1CC1)CCO2. The number of aliphatic hydroxyl groups excluding tert-OH is 1. The van der Waals surface area contributed by atoms with Crippen molar-refractivity contribution in [3.8, 4) is 5.75 Å². The highest BCUT2D eigenvalue weighted by Crippen LogP contribution is 2.33. The van der Waals surface area contributed by atoms with Crippen LogP contribution >= 0.6 is 0 Å². The summed E-state index contributed by atoms with van der Waals surface area (Å²) < 4.78 is 5.85. The van der Waals surface area contributed by atoms with Crippen molar-refractivity contribution in [1.29, 1.82) is 0 Å². The van der Waals surface area contributed by atoms with E-state index in [4.69, 9.17) is 4.74 Å². The van der Waals surface area contributed by atoms with Gasteiger partial charge in [0.1, 0.15) is 12.4 Å². The van der Waals surface area contributed by atoms with Gasteiger partial charge in [-0.3, -0.25) is 4.90 Å². The molecule has 3 rings (SSSR count). The fourth-order valence-electron chi connectivity index (χ4n) is 2.86. The van der Waals surface area contributed by atoms with E-state index in [0.717, 1.165) is 36.9 Å². The van der Waals surface area contributed by atoms with Crippen LogP contribution in [0.4, 0.5) is 0 Å². The number of ether oxygens (including phenoxy) is 1. The van der Waals surface area contributed by atoms with E-state index in [9.17, 15) is 5.11 Å². The van der Waals surface area contributed by atoms with Crippen molar-refractivity contribution in [3.05, 3.63) is 29.3 Å². The molecule has 1 N–H and O–H groups in total. The third-order valence-corrected chi connectivity index (χ3v) is 4.33. The maximum Gasteiger partial charge on any atom is 0.123 e. The van der Waals surface area contributed by atoms with Crippen LogP contribution in [0.2, 0.25) is 0 Å². The van der Waals surface area contributed by atoms with Gasteiger partial charge >= 0.3 is 0 Å². The second-order valence-electron chi connectivity index (χ2n) is 6.58. The summed E-state index contributed by atoms with van der Waals surface area (Å²) >= 11 is 0. The smallest absolute Gasteiger partial charge is 0.123 e. The van der Waals surface area contributed by atoms with Crippen LogP contribution in [0.1, 0.15) is 43.9 Å². The van der Waals surface area contributed by atoms with Gasteiger partial charge < -0.3 is 9.84 Å². The first-order valence-corrected chi connectivity index (χ1v) is 7.79. The zero-order valence-corrected chi connectivity index (χ0v) is 12.5. The van der Waals surface area contributed by atoms with Crippen LogP contribution in [0.3, 0.4) is 0 Å². The Labute approximate surface area is 121 Å². The lowest BCUT2D eigenvalue weighted by Gasteiger charge is -2.20. The van der Waals surface area contributed by atoms with E-state index in [-0.39, 0.29) is 12.0 Å². The third-order valence-electron chi connectivity index (χ3n) is 4.33. The van der Waals surface area contributed by atoms with Crippen LogP contribution in [0.25, 0.3) is 0 Å². The Morgan fingerprint density at radius 2 is 2.15 bits per heavy atom. The molecule has 1 saturated carbocycles. The average Bonchev–Trinajstić information content (AvgIpc) is 3.24. The highest BCUT2D eigenvalue weighted by molar-refractivity contribution is 5.38. The molecule has 20 heavy (non-hydrogen) atoms. The van der Waals surface area contributed by atoms with Crippen molar-refractivity contribution in [1.82, 2.24) is 4.90 Å². The van der Waals surface area contributed by atoms with Gasteiger partial charge in [0.05, 0.1) is 6.10 Å². The van der Waals surface area contributed by atoms with E-state index in [1.165, 1.54) is 24.9 Å². The standard InChI is InChI=1S/C17H25NO2/c1-12(2)17(19)14-5-6-16-15(9-14)11-18(7-8-20-16)10-13-3-4-13/h5-6,9,12-13,17,19H,3-4,7-8,10-11H2,1-2H3. The Kier molecular flexibility index (Phi) is 3.99. The molecule has 0 spiro atoms. The van der Waals surface area contributed by atoms with E-state index in [1.54, 1.807) is 0 Å². The van der Waals surface area contributed by atoms with Crippen molar-refractivity contribution < 1.29 is 9.84 Å². The van der Waals surface area contributed by atoms with E-state index in [0.29, 0.717) is 0 Å². The lowest BCUT2D eigenvalue weighted by atomic mass is 9.97. The Bertz CT molecular complexity index is 468. The van der Waals surface area contributed by atoms with E-state index in [1.807, 2.05) is 26.0 Å². The molecule has 110 valence electrons. The van der Waals surface area contributed by atoms with Crippen LogP contribution in [0.15, 0.2) is 18.2 Å². The molecule has 0 aromatic heterocycles. The summed E-state index contributed by atoms with van der Waals surface area (Å²) in [4.78, 5) is 2.50. The molecule has 1 unspecified atom stereocenters. The minimum atomic E-state index is -0.388. The minimum Gasteiger partial charge on any atom is -0.492 e. The fraction of sp³-hybridized carbons (Fsp3) is 0.647. The number of hydrogen-bond donors (Lipinski definition) is 1. The normalized spacial score (nSPS) is 21.2. The summed E-state index contributed by atoms with van der Waals surface area (Å²) in [5.74, 6) is 2.13. The molecule has 0 bridgehead atoms. The monoisotopic (exact) mass is 275 g/mol. The van der Waals surface area contributed by atoms with Gasteiger partial charge in [-0.1, -0.05) is 19.9 Å². The molecule has 0 amide bonds. The third kappa shape index (κ3) is 3.15. The van der Waals surface area contributed by atoms with Crippen molar-refractivity contribution in [2.45, 2.75) is 39.3 Å². The summed E-state index contributed by atoms with van der Waals surface area (Å²) in [5, 5.41) is 10.2. The Hall–Kier alpha value is -1.06. The van der Waals surface area contributed by atoms with Crippen LogP contribution in [-0.4, -0.2) is 29.7 Å². The number of hydrogen-bond acceptors (Lipinski definition) is 3. The molecule has 0 saturated heterocycles. The van der Waals surface area contributed by atoms with Gasteiger partial charge in [0.15, 0.2) is 0 Å². The zero-order valence-electron chi connectivity index (χ0n) is 12.5. The molecular formula is C17H25NO2. The minimum absolute atomic E-state index is 0.238. The number of benzene rings is 1. The van der Waals surface area contributed by atoms with Crippen molar-refractivity contribution in [2.75, 3.05) is 19.7 Å². The van der Waals surface area contributed by atoms with E-state index >= 15 is 0 Å². The van der Waals surface area contributed by atoms with Crippen LogP contribution in [0, 0.1) is 11.8 Å². The molecular weight excluding hydrogens is 250 g/mol. The van der Waals surface area contributed by atoms with Gasteiger partial charge in [-0.05, 0) is 42.4 Å². The predicted molar refractivity (Wildman–Crippen MR) is 79.7 cm³/mol. The van der Waals surface area contributed by atoms with Gasteiger partial charge in [-0.25, -0.2) is 0 Å². The summed E-state index contributed by atoms with van der Waals surface area (Å²) in [7, 11) is 0. The van der Waals surface area contributed by atoms with Gasteiger partial charge in [0, 0.05) is 25.2 Å².